The molecule has 0 bridgehead atoms. The first kappa shape index (κ1) is 16.5. The molecule has 0 aliphatic heterocycles. The molecule has 0 saturated heterocycles. The standard InChI is InChI=1S/C18H15ClN2O2S/c19-14-6-4-13(5-7-14)16-11-24-18(21-16)20-15-8-1-12(2-9-15)3-10-17(22)23/h1-2,4-9,11H,3,10H2,(H,20,21)(H,22,23). The van der Waals surface area contributed by atoms with Crippen LogP contribution in [0.25, 0.3) is 11.3 Å². The number of anilines is 2. The molecular formula is C18H15ClN2O2S. The average molecular weight is 359 g/mol. The molecular weight excluding hydrogens is 344 g/mol. The molecule has 3 aromatic rings. The van der Waals surface area contributed by atoms with Crippen LogP contribution in [0.2, 0.25) is 5.02 Å². The summed E-state index contributed by atoms with van der Waals surface area (Å²) in [7, 11) is 0. The second-order valence-electron chi connectivity index (χ2n) is 5.26. The smallest absolute Gasteiger partial charge is 0.303 e. The number of benzene rings is 2. The molecule has 0 atom stereocenters. The minimum absolute atomic E-state index is 0.143. The molecule has 0 spiro atoms. The first-order chi connectivity index (χ1) is 11.6. The molecule has 0 unspecified atom stereocenters. The van der Waals surface area contributed by atoms with Gasteiger partial charge in [-0.25, -0.2) is 4.98 Å². The summed E-state index contributed by atoms with van der Waals surface area (Å²) in [5.74, 6) is -0.783. The maximum Gasteiger partial charge on any atom is 0.303 e. The van der Waals surface area contributed by atoms with Crippen LogP contribution in [0.3, 0.4) is 0 Å². The highest BCUT2D eigenvalue weighted by Gasteiger charge is 2.05. The van der Waals surface area contributed by atoms with E-state index in [4.69, 9.17) is 16.7 Å². The molecule has 0 aliphatic carbocycles. The van der Waals surface area contributed by atoms with Crippen LogP contribution in [0, 0.1) is 0 Å². The van der Waals surface area contributed by atoms with Crippen molar-refractivity contribution in [2.75, 3.05) is 5.32 Å². The zero-order chi connectivity index (χ0) is 16.9. The summed E-state index contributed by atoms with van der Waals surface area (Å²) in [5.41, 5.74) is 3.85. The van der Waals surface area contributed by atoms with Crippen molar-refractivity contribution in [3.8, 4) is 11.3 Å². The monoisotopic (exact) mass is 358 g/mol. The van der Waals surface area contributed by atoms with E-state index in [1.54, 1.807) is 0 Å². The number of nitrogens with one attached hydrogen (secondary N) is 1. The Morgan fingerprint density at radius 2 is 1.83 bits per heavy atom. The van der Waals surface area contributed by atoms with Gasteiger partial charge < -0.3 is 10.4 Å². The van der Waals surface area contributed by atoms with E-state index < -0.39 is 5.97 Å². The van der Waals surface area contributed by atoms with Gasteiger partial charge in [-0.15, -0.1) is 11.3 Å². The first-order valence-corrected chi connectivity index (χ1v) is 8.65. The van der Waals surface area contributed by atoms with Gasteiger partial charge in [0.1, 0.15) is 0 Å². The number of carboxylic acid groups (broad SMARTS) is 1. The Kier molecular flexibility index (Phi) is 5.13. The van der Waals surface area contributed by atoms with E-state index in [1.165, 1.54) is 11.3 Å². The molecule has 24 heavy (non-hydrogen) atoms. The van der Waals surface area contributed by atoms with Crippen molar-refractivity contribution in [2.24, 2.45) is 0 Å². The van der Waals surface area contributed by atoms with Crippen LogP contribution in [0.1, 0.15) is 12.0 Å². The number of hydrogen-bond donors (Lipinski definition) is 2. The molecule has 2 N–H and O–H groups in total. The Balaban J connectivity index is 1.66. The molecule has 1 heterocycles. The van der Waals surface area contributed by atoms with Crippen molar-refractivity contribution in [3.05, 3.63) is 64.5 Å². The Bertz CT molecular complexity index is 829. The highest BCUT2D eigenvalue weighted by molar-refractivity contribution is 7.14. The SMILES string of the molecule is O=C(O)CCc1ccc(Nc2nc(-c3ccc(Cl)cc3)cs2)cc1. The van der Waals surface area contributed by atoms with Crippen molar-refractivity contribution in [3.63, 3.8) is 0 Å². The second kappa shape index (κ2) is 7.47. The Morgan fingerprint density at radius 1 is 1.12 bits per heavy atom. The van der Waals surface area contributed by atoms with Crippen molar-refractivity contribution in [1.29, 1.82) is 0 Å². The molecule has 0 radical (unpaired) electrons. The normalized spacial score (nSPS) is 10.5. The Hall–Kier alpha value is -2.37. The van der Waals surface area contributed by atoms with E-state index in [1.807, 2.05) is 53.9 Å². The molecule has 4 nitrogen and oxygen atoms in total. The molecule has 6 heteroatoms. The van der Waals surface area contributed by atoms with Crippen LogP contribution in [0.15, 0.2) is 53.9 Å². The van der Waals surface area contributed by atoms with Gasteiger partial charge in [0.2, 0.25) is 0 Å². The van der Waals surface area contributed by atoms with Gasteiger partial charge in [-0.05, 0) is 36.2 Å². The van der Waals surface area contributed by atoms with E-state index in [-0.39, 0.29) is 6.42 Å². The number of rotatable bonds is 6. The minimum Gasteiger partial charge on any atom is -0.481 e. The number of carboxylic acids is 1. The van der Waals surface area contributed by atoms with E-state index in [0.717, 1.165) is 27.6 Å². The van der Waals surface area contributed by atoms with E-state index in [0.29, 0.717) is 11.4 Å². The summed E-state index contributed by atoms with van der Waals surface area (Å²) in [5, 5.41) is 15.5. The molecule has 0 amide bonds. The summed E-state index contributed by atoms with van der Waals surface area (Å²) in [6.07, 6.45) is 0.678. The van der Waals surface area contributed by atoms with E-state index in [9.17, 15) is 4.79 Å². The van der Waals surface area contributed by atoms with E-state index in [2.05, 4.69) is 10.3 Å². The molecule has 0 fully saturated rings. The minimum atomic E-state index is -0.783. The molecule has 0 aliphatic rings. The fourth-order valence-corrected chi connectivity index (χ4v) is 3.08. The number of nitrogens with zero attached hydrogens (tertiary/aromatic N) is 1. The fraction of sp³-hybridized carbons (Fsp3) is 0.111. The van der Waals surface area contributed by atoms with Gasteiger partial charge in [0, 0.05) is 28.1 Å². The second-order valence-corrected chi connectivity index (χ2v) is 6.55. The number of thiazole rings is 1. The van der Waals surface area contributed by atoms with Crippen LogP contribution in [-0.2, 0) is 11.2 Å². The summed E-state index contributed by atoms with van der Waals surface area (Å²) in [6, 6.07) is 15.3. The maximum atomic E-state index is 10.6. The maximum absolute atomic E-state index is 10.6. The zero-order valence-corrected chi connectivity index (χ0v) is 14.3. The van der Waals surface area contributed by atoms with Crippen molar-refractivity contribution in [2.45, 2.75) is 12.8 Å². The van der Waals surface area contributed by atoms with Crippen molar-refractivity contribution >= 4 is 39.7 Å². The number of aromatic nitrogens is 1. The third kappa shape index (κ3) is 4.34. The highest BCUT2D eigenvalue weighted by Crippen LogP contribution is 2.28. The molecule has 2 aromatic carbocycles. The number of halogens is 1. The Morgan fingerprint density at radius 3 is 2.50 bits per heavy atom. The van der Waals surface area contributed by atoms with Crippen LogP contribution in [0.5, 0.6) is 0 Å². The number of hydrogen-bond acceptors (Lipinski definition) is 4. The summed E-state index contributed by atoms with van der Waals surface area (Å²) in [6.45, 7) is 0. The molecule has 0 saturated carbocycles. The largest absolute Gasteiger partial charge is 0.481 e. The van der Waals surface area contributed by atoms with Gasteiger partial charge in [0.05, 0.1) is 5.69 Å². The van der Waals surface area contributed by atoms with Gasteiger partial charge in [0.15, 0.2) is 5.13 Å². The number of carbonyl (C=O) groups is 1. The quantitative estimate of drug-likeness (QED) is 0.633. The summed E-state index contributed by atoms with van der Waals surface area (Å²) < 4.78 is 0. The van der Waals surface area contributed by atoms with Gasteiger partial charge in [-0.1, -0.05) is 35.9 Å². The summed E-state index contributed by atoms with van der Waals surface area (Å²) >= 11 is 7.43. The van der Waals surface area contributed by atoms with Crippen LogP contribution >= 0.6 is 22.9 Å². The predicted octanol–water partition coefficient (Wildman–Crippen LogP) is 5.22. The van der Waals surface area contributed by atoms with Crippen molar-refractivity contribution in [1.82, 2.24) is 4.98 Å². The lowest BCUT2D eigenvalue weighted by Crippen LogP contribution is -1.97. The topological polar surface area (TPSA) is 62.2 Å². The number of aliphatic carboxylic acids is 1. The number of aryl methyl sites for hydroxylation is 1. The summed E-state index contributed by atoms with van der Waals surface area (Å²) in [4.78, 5) is 15.2. The molecule has 122 valence electrons. The van der Waals surface area contributed by atoms with Crippen LogP contribution < -0.4 is 5.32 Å². The predicted molar refractivity (Wildman–Crippen MR) is 98.2 cm³/mol. The first-order valence-electron chi connectivity index (χ1n) is 7.39. The average Bonchev–Trinajstić information content (AvgIpc) is 3.03. The molecule has 3 rings (SSSR count). The Labute approximate surface area is 148 Å². The lowest BCUT2D eigenvalue weighted by Gasteiger charge is -2.04. The van der Waals surface area contributed by atoms with Crippen molar-refractivity contribution < 1.29 is 9.90 Å². The highest BCUT2D eigenvalue weighted by atomic mass is 35.5. The van der Waals surface area contributed by atoms with Gasteiger partial charge in [-0.3, -0.25) is 4.79 Å². The fourth-order valence-electron chi connectivity index (χ4n) is 2.21. The lowest BCUT2D eigenvalue weighted by molar-refractivity contribution is -0.136. The van der Waals surface area contributed by atoms with Crippen LogP contribution in [-0.4, -0.2) is 16.1 Å². The third-order valence-electron chi connectivity index (χ3n) is 3.48. The zero-order valence-electron chi connectivity index (χ0n) is 12.7. The van der Waals surface area contributed by atoms with Gasteiger partial charge in [-0.2, -0.15) is 0 Å². The third-order valence-corrected chi connectivity index (χ3v) is 4.49. The van der Waals surface area contributed by atoms with E-state index >= 15 is 0 Å². The molecule has 1 aromatic heterocycles. The van der Waals surface area contributed by atoms with Gasteiger partial charge >= 0.3 is 5.97 Å². The van der Waals surface area contributed by atoms with Gasteiger partial charge in [0.25, 0.3) is 0 Å². The van der Waals surface area contributed by atoms with Crippen LogP contribution in [0.4, 0.5) is 10.8 Å². The lowest BCUT2D eigenvalue weighted by atomic mass is 10.1.